The third-order valence-electron chi connectivity index (χ3n) is 3.36. The molecular weight excluding hydrogens is 334 g/mol. The molecule has 0 aromatic heterocycles. The lowest BCUT2D eigenvalue weighted by atomic mass is 10.1. The number of ether oxygens (including phenoxy) is 2. The van der Waals surface area contributed by atoms with Gasteiger partial charge in [-0.1, -0.05) is 42.1 Å². The molecule has 0 spiro atoms. The Morgan fingerprint density at radius 3 is 2.72 bits per heavy atom. The molecule has 2 aromatic rings. The Kier molecular flexibility index (Phi) is 8.01. The van der Waals surface area contributed by atoms with Crippen molar-refractivity contribution in [3.63, 3.8) is 0 Å². The predicted molar refractivity (Wildman–Crippen MR) is 105 cm³/mol. The van der Waals surface area contributed by atoms with Gasteiger partial charge in [-0.25, -0.2) is 0 Å². The van der Waals surface area contributed by atoms with Gasteiger partial charge in [-0.15, -0.1) is 5.10 Å². The van der Waals surface area contributed by atoms with Crippen LogP contribution in [0.3, 0.4) is 0 Å². The van der Waals surface area contributed by atoms with Gasteiger partial charge in [0, 0.05) is 17.9 Å². The number of methoxy groups -OCH3 is 1. The number of amidine groups is 1. The first-order valence-electron chi connectivity index (χ1n) is 8.00. The van der Waals surface area contributed by atoms with Gasteiger partial charge < -0.3 is 15.2 Å². The van der Waals surface area contributed by atoms with Crippen molar-refractivity contribution in [2.45, 2.75) is 19.3 Å². The van der Waals surface area contributed by atoms with Crippen molar-refractivity contribution in [3.8, 4) is 5.75 Å². The van der Waals surface area contributed by atoms with Crippen LogP contribution in [0, 0.1) is 0 Å². The predicted octanol–water partition coefficient (Wildman–Crippen LogP) is 3.81. The Labute approximate surface area is 152 Å². The van der Waals surface area contributed by atoms with Gasteiger partial charge >= 0.3 is 0 Å². The molecule has 2 aromatic carbocycles. The molecule has 0 aliphatic rings. The second kappa shape index (κ2) is 10.5. The average molecular weight is 357 g/mol. The van der Waals surface area contributed by atoms with Gasteiger partial charge in [0.2, 0.25) is 0 Å². The van der Waals surface area contributed by atoms with Gasteiger partial charge in [-0.3, -0.25) is 0 Å². The molecule has 0 bridgehead atoms. The minimum absolute atomic E-state index is 0.433. The number of rotatable bonds is 8. The van der Waals surface area contributed by atoms with Crippen LogP contribution in [0.15, 0.2) is 58.7 Å². The lowest BCUT2D eigenvalue weighted by Crippen LogP contribution is -2.06. The van der Waals surface area contributed by atoms with Crippen molar-refractivity contribution in [1.82, 2.24) is 0 Å². The summed E-state index contributed by atoms with van der Waals surface area (Å²) < 4.78 is 10.8. The van der Waals surface area contributed by atoms with Crippen molar-refractivity contribution in [2.75, 3.05) is 13.7 Å². The summed E-state index contributed by atoms with van der Waals surface area (Å²) >= 11 is 1.46. The Hall–Kier alpha value is -2.31. The van der Waals surface area contributed by atoms with E-state index in [2.05, 4.69) is 22.3 Å². The minimum atomic E-state index is 0.433. The molecule has 2 rings (SSSR count). The Morgan fingerprint density at radius 2 is 2.00 bits per heavy atom. The summed E-state index contributed by atoms with van der Waals surface area (Å²) in [5, 5.41) is 8.53. The molecule has 0 aliphatic carbocycles. The summed E-state index contributed by atoms with van der Waals surface area (Å²) in [6.07, 6.45) is 1.67. The van der Waals surface area contributed by atoms with E-state index in [1.165, 1.54) is 17.3 Å². The number of hydrogen-bond donors (Lipinski definition) is 1. The van der Waals surface area contributed by atoms with Crippen molar-refractivity contribution in [2.24, 2.45) is 15.9 Å². The van der Waals surface area contributed by atoms with E-state index < -0.39 is 0 Å². The molecule has 132 valence electrons. The molecule has 6 heteroatoms. The fourth-order valence-electron chi connectivity index (χ4n) is 2.12. The Bertz CT molecular complexity index is 718. The second-order valence-corrected chi connectivity index (χ2v) is 6.16. The summed E-state index contributed by atoms with van der Waals surface area (Å²) in [6.45, 7) is 3.11. The first-order valence-corrected chi connectivity index (χ1v) is 8.99. The molecule has 0 fully saturated rings. The zero-order chi connectivity index (χ0) is 17.9. The second-order valence-electron chi connectivity index (χ2n) is 5.17. The first-order chi connectivity index (χ1) is 12.2. The largest absolute Gasteiger partial charge is 0.496 e. The topological polar surface area (TPSA) is 69.2 Å². The maximum absolute atomic E-state index is 5.89. The summed E-state index contributed by atoms with van der Waals surface area (Å²) in [6, 6.07) is 15.9. The molecular formula is C19H23N3O2S. The molecule has 0 aliphatic heterocycles. The highest BCUT2D eigenvalue weighted by Crippen LogP contribution is 2.20. The van der Waals surface area contributed by atoms with Crippen LogP contribution in [0.2, 0.25) is 0 Å². The number of nitrogens with two attached hydrogens (primary N) is 1. The maximum Gasteiger partial charge on any atom is 0.180 e. The highest BCUT2D eigenvalue weighted by Gasteiger charge is 2.03. The number of nitrogens with zero attached hydrogens (tertiary/aromatic N) is 2. The van der Waals surface area contributed by atoms with Crippen LogP contribution in [0.1, 0.15) is 23.6 Å². The monoisotopic (exact) mass is 357 g/mol. The highest BCUT2D eigenvalue weighted by atomic mass is 32.2. The van der Waals surface area contributed by atoms with Crippen LogP contribution < -0.4 is 10.5 Å². The molecule has 0 amide bonds. The van der Waals surface area contributed by atoms with Crippen molar-refractivity contribution >= 4 is 23.1 Å². The standard InChI is InChI=1S/C19H23N3O2S/c1-3-24-13-17-11-16(9-10-18(17)23-2)12-21-22-19(20)25-14-15-7-5-4-6-8-15/h4-12H,3,13-14H2,1-2H3,(H2,20,22). The lowest BCUT2D eigenvalue weighted by molar-refractivity contribution is 0.132. The van der Waals surface area contributed by atoms with Gasteiger partial charge in [0.1, 0.15) is 5.75 Å². The molecule has 0 radical (unpaired) electrons. The zero-order valence-electron chi connectivity index (χ0n) is 14.5. The Balaban J connectivity index is 1.95. The normalized spacial score (nSPS) is 11.8. The first kappa shape index (κ1) is 19.0. The molecule has 25 heavy (non-hydrogen) atoms. The zero-order valence-corrected chi connectivity index (χ0v) is 15.3. The number of hydrogen-bond acceptors (Lipinski definition) is 5. The average Bonchev–Trinajstić information content (AvgIpc) is 2.65. The Morgan fingerprint density at radius 1 is 1.20 bits per heavy atom. The molecule has 0 heterocycles. The van der Waals surface area contributed by atoms with E-state index >= 15 is 0 Å². The van der Waals surface area contributed by atoms with Crippen molar-refractivity contribution in [3.05, 3.63) is 65.2 Å². The summed E-state index contributed by atoms with van der Waals surface area (Å²) in [4.78, 5) is 0. The quantitative estimate of drug-likeness (QED) is 0.443. The highest BCUT2D eigenvalue weighted by molar-refractivity contribution is 8.13. The fourth-order valence-corrected chi connectivity index (χ4v) is 2.73. The lowest BCUT2D eigenvalue weighted by Gasteiger charge is -2.09. The minimum Gasteiger partial charge on any atom is -0.496 e. The molecule has 0 atom stereocenters. The van der Waals surface area contributed by atoms with E-state index in [4.69, 9.17) is 15.2 Å². The molecule has 0 saturated carbocycles. The van der Waals surface area contributed by atoms with E-state index in [9.17, 15) is 0 Å². The van der Waals surface area contributed by atoms with Gasteiger partial charge in [0.25, 0.3) is 0 Å². The fraction of sp³-hybridized carbons (Fsp3) is 0.263. The molecule has 0 unspecified atom stereocenters. The molecule has 5 nitrogen and oxygen atoms in total. The summed E-state index contributed by atoms with van der Waals surface area (Å²) in [7, 11) is 1.65. The van der Waals surface area contributed by atoms with Crippen molar-refractivity contribution in [1.29, 1.82) is 0 Å². The smallest absolute Gasteiger partial charge is 0.180 e. The summed E-state index contributed by atoms with van der Waals surface area (Å²) in [5.41, 5.74) is 8.98. The number of benzene rings is 2. The molecule has 2 N–H and O–H groups in total. The van der Waals surface area contributed by atoms with E-state index in [0.717, 1.165) is 22.6 Å². The van der Waals surface area contributed by atoms with Crippen LogP contribution in [0.4, 0.5) is 0 Å². The third-order valence-corrected chi connectivity index (χ3v) is 4.21. The van der Waals surface area contributed by atoms with Gasteiger partial charge in [-0.05, 0) is 36.2 Å². The van der Waals surface area contributed by atoms with Crippen LogP contribution in [0.5, 0.6) is 5.75 Å². The molecule has 0 saturated heterocycles. The van der Waals surface area contributed by atoms with Crippen LogP contribution in [0.25, 0.3) is 0 Å². The van der Waals surface area contributed by atoms with Crippen LogP contribution in [-0.2, 0) is 17.1 Å². The summed E-state index contributed by atoms with van der Waals surface area (Å²) in [5.74, 6) is 1.57. The maximum atomic E-state index is 5.89. The van der Waals surface area contributed by atoms with Gasteiger partial charge in [-0.2, -0.15) is 5.10 Å². The van der Waals surface area contributed by atoms with E-state index in [1.54, 1.807) is 13.3 Å². The van der Waals surface area contributed by atoms with Crippen LogP contribution in [-0.4, -0.2) is 25.1 Å². The van der Waals surface area contributed by atoms with E-state index in [0.29, 0.717) is 18.4 Å². The van der Waals surface area contributed by atoms with Crippen LogP contribution >= 0.6 is 11.8 Å². The number of thioether (sulfide) groups is 1. The van der Waals surface area contributed by atoms with Gasteiger partial charge in [0.15, 0.2) is 5.17 Å². The third kappa shape index (κ3) is 6.60. The van der Waals surface area contributed by atoms with E-state index in [1.807, 2.05) is 43.3 Å². The van der Waals surface area contributed by atoms with E-state index in [-0.39, 0.29) is 0 Å². The SMILES string of the molecule is CCOCc1cc(C=NN=C(N)SCc2ccccc2)ccc1OC. The van der Waals surface area contributed by atoms with Crippen molar-refractivity contribution < 1.29 is 9.47 Å². The van der Waals surface area contributed by atoms with Gasteiger partial charge in [0.05, 0.1) is 19.9 Å².